The van der Waals surface area contributed by atoms with Crippen molar-refractivity contribution in [1.82, 2.24) is 0 Å². The van der Waals surface area contributed by atoms with Crippen molar-refractivity contribution >= 4 is 44.9 Å². The first-order chi connectivity index (χ1) is 13.0. The average Bonchev–Trinajstić information content (AvgIpc) is 2.61. The van der Waals surface area contributed by atoms with Crippen molar-refractivity contribution < 1.29 is 27.9 Å². The van der Waals surface area contributed by atoms with E-state index in [-0.39, 0.29) is 16.3 Å². The van der Waals surface area contributed by atoms with E-state index in [9.17, 15) is 18.0 Å². The second-order valence-corrected chi connectivity index (χ2v) is 8.19. The largest absolute Gasteiger partial charge is 0.495 e. The number of hydrogen-bond acceptors (Lipinski definition) is 5. The van der Waals surface area contributed by atoms with Crippen LogP contribution in [0.4, 0.5) is 11.4 Å². The fourth-order valence-corrected chi connectivity index (χ4v) is 3.96. The predicted octanol–water partition coefficient (Wildman–Crippen LogP) is 2.84. The molecule has 0 radical (unpaired) electrons. The molecule has 0 aromatic heterocycles. The van der Waals surface area contributed by atoms with E-state index in [0.29, 0.717) is 11.4 Å². The van der Waals surface area contributed by atoms with Crippen LogP contribution in [0.15, 0.2) is 42.5 Å². The summed E-state index contributed by atoms with van der Waals surface area (Å²) in [7, 11) is -2.38. The number of benzene rings is 2. The van der Waals surface area contributed by atoms with Crippen molar-refractivity contribution in [1.29, 1.82) is 0 Å². The van der Waals surface area contributed by atoms with Crippen LogP contribution in [-0.2, 0) is 14.8 Å². The number of nitrogens with one attached hydrogen (secondary N) is 1. The van der Waals surface area contributed by atoms with Gasteiger partial charge in [0.05, 0.1) is 29.6 Å². The molecular weight excluding hydrogens is 408 g/mol. The Morgan fingerprint density at radius 3 is 2.25 bits per heavy atom. The summed E-state index contributed by atoms with van der Waals surface area (Å²) in [5.74, 6) is -1.32. The summed E-state index contributed by atoms with van der Waals surface area (Å²) in [6, 6.07) is 8.79. The number of hydrogen-bond donors (Lipinski definition) is 2. The lowest BCUT2D eigenvalue weighted by atomic mass is 10.2. The molecule has 1 atom stereocenters. The van der Waals surface area contributed by atoms with Crippen molar-refractivity contribution in [2.24, 2.45) is 0 Å². The average molecular weight is 427 g/mol. The number of anilines is 2. The second kappa shape index (κ2) is 8.49. The topological polar surface area (TPSA) is 113 Å². The molecule has 2 aromatic rings. The van der Waals surface area contributed by atoms with Gasteiger partial charge in [-0.2, -0.15) is 0 Å². The normalized spacial score (nSPS) is 12.1. The second-order valence-electron chi connectivity index (χ2n) is 5.93. The van der Waals surface area contributed by atoms with Crippen LogP contribution in [0.25, 0.3) is 0 Å². The number of carboxylic acid groups (broad SMARTS) is 1. The molecule has 0 heterocycles. The highest BCUT2D eigenvalue weighted by atomic mass is 35.5. The minimum absolute atomic E-state index is 0.0664. The SMILES string of the molecule is COc1ccc(N([C@H](C)C(=O)Nc2ccc(C(=O)O)cc2)S(C)(=O)=O)cc1Cl. The van der Waals surface area contributed by atoms with Crippen molar-refractivity contribution in [3.63, 3.8) is 0 Å². The maximum atomic E-state index is 12.6. The maximum Gasteiger partial charge on any atom is 0.335 e. The van der Waals surface area contributed by atoms with Gasteiger partial charge in [-0.1, -0.05) is 11.6 Å². The van der Waals surface area contributed by atoms with Crippen LogP contribution < -0.4 is 14.4 Å². The number of sulfonamides is 1. The number of methoxy groups -OCH3 is 1. The van der Waals surface area contributed by atoms with Gasteiger partial charge in [-0.05, 0) is 49.4 Å². The molecule has 28 heavy (non-hydrogen) atoms. The summed E-state index contributed by atoms with van der Waals surface area (Å²) in [6.45, 7) is 1.43. The molecule has 0 unspecified atom stereocenters. The molecule has 1 amide bonds. The molecule has 0 bridgehead atoms. The quantitative estimate of drug-likeness (QED) is 0.703. The monoisotopic (exact) mass is 426 g/mol. The van der Waals surface area contributed by atoms with Gasteiger partial charge in [-0.25, -0.2) is 13.2 Å². The summed E-state index contributed by atoms with van der Waals surface area (Å²) in [5.41, 5.74) is 0.608. The van der Waals surface area contributed by atoms with E-state index >= 15 is 0 Å². The fourth-order valence-electron chi connectivity index (χ4n) is 2.54. The Morgan fingerprint density at radius 2 is 1.79 bits per heavy atom. The van der Waals surface area contributed by atoms with Crippen molar-refractivity contribution in [2.45, 2.75) is 13.0 Å². The minimum Gasteiger partial charge on any atom is -0.495 e. The number of carbonyl (C=O) groups excluding carboxylic acids is 1. The molecule has 0 saturated heterocycles. The Kier molecular flexibility index (Phi) is 6.52. The minimum atomic E-state index is -3.81. The third-order valence-corrected chi connectivity index (χ3v) is 5.41. The smallest absolute Gasteiger partial charge is 0.335 e. The molecule has 0 fully saturated rings. The first-order valence-electron chi connectivity index (χ1n) is 8.01. The summed E-state index contributed by atoms with van der Waals surface area (Å²) in [6.07, 6.45) is 0.983. The van der Waals surface area contributed by atoms with Crippen molar-refractivity contribution in [2.75, 3.05) is 23.0 Å². The van der Waals surface area contributed by atoms with Crippen LogP contribution >= 0.6 is 11.6 Å². The van der Waals surface area contributed by atoms with Crippen molar-refractivity contribution in [3.8, 4) is 5.75 Å². The summed E-state index contributed by atoms with van der Waals surface area (Å²) >= 11 is 6.08. The molecule has 2 aromatic carbocycles. The van der Waals surface area contributed by atoms with Gasteiger partial charge in [0.25, 0.3) is 0 Å². The molecule has 0 aliphatic rings. The maximum absolute atomic E-state index is 12.6. The van der Waals surface area contributed by atoms with Gasteiger partial charge >= 0.3 is 5.97 Å². The summed E-state index contributed by atoms with van der Waals surface area (Å²) in [5, 5.41) is 11.7. The molecule has 10 heteroatoms. The van der Waals surface area contributed by atoms with Gasteiger partial charge < -0.3 is 15.2 Å². The lowest BCUT2D eigenvalue weighted by molar-refractivity contribution is -0.116. The highest BCUT2D eigenvalue weighted by Crippen LogP contribution is 2.31. The van der Waals surface area contributed by atoms with Crippen molar-refractivity contribution in [3.05, 3.63) is 53.1 Å². The Hall–Kier alpha value is -2.78. The summed E-state index contributed by atoms with van der Waals surface area (Å²) in [4.78, 5) is 23.5. The predicted molar refractivity (Wildman–Crippen MR) is 107 cm³/mol. The van der Waals surface area contributed by atoms with Crippen LogP contribution in [0, 0.1) is 0 Å². The standard InChI is InChI=1S/C18H19ClN2O6S/c1-11(17(22)20-13-6-4-12(5-7-13)18(23)24)21(28(3,25)26)14-8-9-16(27-2)15(19)10-14/h4-11H,1-3H3,(H,20,22)(H,23,24)/t11-/m1/s1. The van der Waals surface area contributed by atoms with Gasteiger partial charge in [0.2, 0.25) is 15.9 Å². The number of rotatable bonds is 7. The highest BCUT2D eigenvalue weighted by molar-refractivity contribution is 7.92. The first kappa shape index (κ1) is 21.5. The lowest BCUT2D eigenvalue weighted by Gasteiger charge is -2.28. The van der Waals surface area contributed by atoms with Crippen LogP contribution in [0.1, 0.15) is 17.3 Å². The zero-order chi connectivity index (χ0) is 21.1. The zero-order valence-corrected chi connectivity index (χ0v) is 16.9. The number of amides is 1. The molecule has 2 N–H and O–H groups in total. The van der Waals surface area contributed by atoms with Gasteiger partial charge in [0.1, 0.15) is 11.8 Å². The van der Waals surface area contributed by atoms with Gasteiger partial charge in [-0.15, -0.1) is 0 Å². The van der Waals surface area contributed by atoms with Gasteiger partial charge in [0, 0.05) is 5.69 Å². The van der Waals surface area contributed by atoms with Gasteiger partial charge in [0.15, 0.2) is 0 Å². The number of carbonyl (C=O) groups is 2. The molecular formula is C18H19ClN2O6S. The highest BCUT2D eigenvalue weighted by Gasteiger charge is 2.29. The number of halogens is 1. The van der Waals surface area contributed by atoms with Crippen LogP contribution in [0.2, 0.25) is 5.02 Å². The van der Waals surface area contributed by atoms with E-state index in [1.54, 1.807) is 0 Å². The molecule has 150 valence electrons. The van der Waals surface area contributed by atoms with Crippen LogP contribution in [0.5, 0.6) is 5.75 Å². The van der Waals surface area contributed by atoms with E-state index in [2.05, 4.69) is 5.32 Å². The lowest BCUT2D eigenvalue weighted by Crippen LogP contribution is -2.45. The number of nitrogens with zero attached hydrogens (tertiary/aromatic N) is 1. The Morgan fingerprint density at radius 1 is 1.18 bits per heavy atom. The van der Waals surface area contributed by atoms with E-state index in [1.165, 1.54) is 56.5 Å². The molecule has 8 nitrogen and oxygen atoms in total. The Bertz CT molecular complexity index is 992. The molecule has 0 saturated carbocycles. The van der Waals surface area contributed by atoms with E-state index < -0.39 is 27.9 Å². The first-order valence-corrected chi connectivity index (χ1v) is 10.2. The number of aromatic carboxylic acids is 1. The number of ether oxygens (including phenoxy) is 1. The summed E-state index contributed by atoms with van der Waals surface area (Å²) < 4.78 is 30.6. The Balaban J connectivity index is 2.30. The molecule has 0 spiro atoms. The van der Waals surface area contributed by atoms with E-state index in [4.69, 9.17) is 21.4 Å². The Labute approximate surface area is 167 Å². The van der Waals surface area contributed by atoms with Crippen LogP contribution in [0.3, 0.4) is 0 Å². The van der Waals surface area contributed by atoms with Crippen LogP contribution in [-0.4, -0.2) is 44.8 Å². The van der Waals surface area contributed by atoms with E-state index in [0.717, 1.165) is 10.6 Å². The van der Waals surface area contributed by atoms with Gasteiger partial charge in [-0.3, -0.25) is 9.10 Å². The molecule has 2 rings (SSSR count). The molecule has 0 aliphatic heterocycles. The third-order valence-electron chi connectivity index (χ3n) is 3.88. The zero-order valence-electron chi connectivity index (χ0n) is 15.3. The fraction of sp³-hybridized carbons (Fsp3) is 0.222. The van der Waals surface area contributed by atoms with E-state index in [1.807, 2.05) is 0 Å². The molecule has 0 aliphatic carbocycles. The third kappa shape index (κ3) is 4.93. The number of carboxylic acids is 1.